The molecule has 1 heterocycles. The van der Waals surface area contributed by atoms with E-state index in [9.17, 15) is 4.79 Å². The summed E-state index contributed by atoms with van der Waals surface area (Å²) in [5.41, 5.74) is 2.79. The minimum atomic E-state index is -0.338. The maximum atomic E-state index is 12.4. The molecular formula is C21H21NO4. The number of hydrogen-bond acceptors (Lipinski definition) is 4. The molecule has 3 aromatic rings. The Hall–Kier alpha value is -3.21. The van der Waals surface area contributed by atoms with Crippen LogP contribution in [-0.2, 0) is 6.61 Å². The molecule has 2 aromatic carbocycles. The van der Waals surface area contributed by atoms with E-state index in [2.05, 4.69) is 5.32 Å². The van der Waals surface area contributed by atoms with Crippen LogP contribution in [0.25, 0.3) is 0 Å². The largest absolute Gasteiger partial charge is 0.495 e. The molecule has 0 fully saturated rings. The summed E-state index contributed by atoms with van der Waals surface area (Å²) >= 11 is 0. The van der Waals surface area contributed by atoms with Crippen LogP contribution >= 0.6 is 0 Å². The van der Waals surface area contributed by atoms with Gasteiger partial charge in [0.2, 0.25) is 0 Å². The van der Waals surface area contributed by atoms with Gasteiger partial charge in [0.15, 0.2) is 5.76 Å². The zero-order valence-corrected chi connectivity index (χ0v) is 15.0. The Balaban J connectivity index is 1.64. The summed E-state index contributed by atoms with van der Waals surface area (Å²) in [7, 11) is 1.56. The van der Waals surface area contributed by atoms with E-state index >= 15 is 0 Å². The number of nitrogens with one attached hydrogen (secondary N) is 1. The molecule has 1 N–H and O–H groups in total. The molecule has 0 saturated heterocycles. The summed E-state index contributed by atoms with van der Waals surface area (Å²) in [6, 6.07) is 16.7. The summed E-state index contributed by atoms with van der Waals surface area (Å²) in [6.45, 7) is 4.22. The molecule has 134 valence electrons. The first kappa shape index (κ1) is 17.6. The molecule has 0 aliphatic rings. The number of aryl methyl sites for hydroxylation is 2. The number of furan rings is 1. The van der Waals surface area contributed by atoms with Crippen LogP contribution in [0.15, 0.2) is 59.0 Å². The summed E-state index contributed by atoms with van der Waals surface area (Å²) < 4.78 is 16.5. The van der Waals surface area contributed by atoms with E-state index in [1.807, 2.05) is 56.3 Å². The van der Waals surface area contributed by atoms with Crippen molar-refractivity contribution in [3.05, 3.63) is 77.2 Å². The van der Waals surface area contributed by atoms with E-state index in [1.165, 1.54) is 5.56 Å². The fraction of sp³-hybridized carbons (Fsp3) is 0.190. The second-order valence-electron chi connectivity index (χ2n) is 6.03. The molecule has 1 amide bonds. The third-order valence-electron chi connectivity index (χ3n) is 3.89. The summed E-state index contributed by atoms with van der Waals surface area (Å²) in [6.07, 6.45) is 0. The van der Waals surface area contributed by atoms with Crippen molar-refractivity contribution in [1.82, 2.24) is 0 Å². The van der Waals surface area contributed by atoms with Gasteiger partial charge in [-0.1, -0.05) is 23.8 Å². The van der Waals surface area contributed by atoms with Crippen LogP contribution in [0.3, 0.4) is 0 Å². The van der Waals surface area contributed by atoms with Gasteiger partial charge in [0.25, 0.3) is 5.91 Å². The van der Waals surface area contributed by atoms with E-state index in [0.29, 0.717) is 17.2 Å². The number of anilines is 1. The molecular weight excluding hydrogens is 330 g/mol. The lowest BCUT2D eigenvalue weighted by Gasteiger charge is -2.10. The highest BCUT2D eigenvalue weighted by atomic mass is 16.5. The highest BCUT2D eigenvalue weighted by Gasteiger charge is 2.14. The Kier molecular flexibility index (Phi) is 5.27. The van der Waals surface area contributed by atoms with E-state index in [1.54, 1.807) is 19.2 Å². The Bertz CT molecular complexity index is 897. The quantitative estimate of drug-likeness (QED) is 0.697. The zero-order valence-electron chi connectivity index (χ0n) is 15.0. The second-order valence-corrected chi connectivity index (χ2v) is 6.03. The number of hydrogen-bond donors (Lipinski definition) is 1. The molecule has 0 saturated carbocycles. The number of amides is 1. The Labute approximate surface area is 152 Å². The molecule has 3 rings (SSSR count). The van der Waals surface area contributed by atoms with Crippen LogP contribution in [0.2, 0.25) is 0 Å². The first-order valence-corrected chi connectivity index (χ1v) is 8.29. The van der Waals surface area contributed by atoms with Gasteiger partial charge < -0.3 is 19.2 Å². The number of carbonyl (C=O) groups is 1. The van der Waals surface area contributed by atoms with Crippen molar-refractivity contribution in [3.8, 4) is 11.5 Å². The summed E-state index contributed by atoms with van der Waals surface area (Å²) in [5, 5.41) is 2.81. The lowest BCUT2D eigenvalue weighted by molar-refractivity contribution is 0.0992. The molecule has 0 aliphatic carbocycles. The molecule has 0 unspecified atom stereocenters. The van der Waals surface area contributed by atoms with Gasteiger partial charge in [-0.3, -0.25) is 4.79 Å². The van der Waals surface area contributed by atoms with Crippen molar-refractivity contribution in [2.24, 2.45) is 0 Å². The average molecular weight is 351 g/mol. The normalized spacial score (nSPS) is 10.4. The van der Waals surface area contributed by atoms with Crippen LogP contribution < -0.4 is 14.8 Å². The molecule has 5 heteroatoms. The highest BCUT2D eigenvalue weighted by Crippen LogP contribution is 2.26. The maximum Gasteiger partial charge on any atom is 0.291 e. The van der Waals surface area contributed by atoms with Gasteiger partial charge >= 0.3 is 0 Å². The van der Waals surface area contributed by atoms with E-state index in [-0.39, 0.29) is 18.3 Å². The van der Waals surface area contributed by atoms with Gasteiger partial charge in [-0.25, -0.2) is 0 Å². The smallest absolute Gasteiger partial charge is 0.291 e. The van der Waals surface area contributed by atoms with Crippen LogP contribution in [0, 0.1) is 13.8 Å². The monoisotopic (exact) mass is 351 g/mol. The first-order chi connectivity index (χ1) is 12.5. The average Bonchev–Trinajstić information content (AvgIpc) is 3.11. The lowest BCUT2D eigenvalue weighted by atomic mass is 10.2. The number of methoxy groups -OCH3 is 1. The topological polar surface area (TPSA) is 60.7 Å². The SMILES string of the molecule is COc1ccc(C)cc1NC(=O)c1ccc(COc2ccc(C)cc2)o1. The van der Waals surface area contributed by atoms with E-state index in [0.717, 1.165) is 11.3 Å². The van der Waals surface area contributed by atoms with Crippen LogP contribution in [0.1, 0.15) is 27.4 Å². The van der Waals surface area contributed by atoms with Crippen LogP contribution in [-0.4, -0.2) is 13.0 Å². The highest BCUT2D eigenvalue weighted by molar-refractivity contribution is 6.03. The van der Waals surface area contributed by atoms with Gasteiger partial charge in [0.05, 0.1) is 12.8 Å². The lowest BCUT2D eigenvalue weighted by Crippen LogP contribution is -2.12. The Morgan fingerprint density at radius 2 is 1.73 bits per heavy atom. The van der Waals surface area contributed by atoms with Crippen molar-refractivity contribution < 1.29 is 18.7 Å². The predicted octanol–water partition coefficient (Wildman–Crippen LogP) is 4.74. The van der Waals surface area contributed by atoms with Gasteiger partial charge in [0.1, 0.15) is 23.9 Å². The standard InChI is InChI=1S/C21H21NO4/c1-14-4-7-16(8-5-14)25-13-17-9-11-20(26-17)21(23)22-18-12-15(2)6-10-19(18)24-3/h4-12H,13H2,1-3H3,(H,22,23). The number of ether oxygens (including phenoxy) is 2. The summed E-state index contributed by atoms with van der Waals surface area (Å²) in [4.78, 5) is 12.4. The van der Waals surface area contributed by atoms with Crippen LogP contribution in [0.4, 0.5) is 5.69 Å². The van der Waals surface area contributed by atoms with Crippen molar-refractivity contribution in [3.63, 3.8) is 0 Å². The van der Waals surface area contributed by atoms with Gasteiger partial charge in [-0.2, -0.15) is 0 Å². The third kappa shape index (κ3) is 4.25. The summed E-state index contributed by atoms with van der Waals surface area (Å²) in [5.74, 6) is 1.81. The fourth-order valence-electron chi connectivity index (χ4n) is 2.47. The van der Waals surface area contributed by atoms with Crippen molar-refractivity contribution in [1.29, 1.82) is 0 Å². The molecule has 0 atom stereocenters. The first-order valence-electron chi connectivity index (χ1n) is 8.29. The minimum absolute atomic E-state index is 0.219. The second kappa shape index (κ2) is 7.78. The number of carbonyl (C=O) groups excluding carboxylic acids is 1. The molecule has 0 aliphatic heterocycles. The van der Waals surface area contributed by atoms with Crippen molar-refractivity contribution in [2.45, 2.75) is 20.5 Å². The molecule has 1 aromatic heterocycles. The van der Waals surface area contributed by atoms with Crippen molar-refractivity contribution >= 4 is 11.6 Å². The van der Waals surface area contributed by atoms with Gasteiger partial charge in [-0.15, -0.1) is 0 Å². The number of rotatable bonds is 6. The predicted molar refractivity (Wildman–Crippen MR) is 99.9 cm³/mol. The third-order valence-corrected chi connectivity index (χ3v) is 3.89. The van der Waals surface area contributed by atoms with Gasteiger partial charge in [0, 0.05) is 0 Å². The van der Waals surface area contributed by atoms with Gasteiger partial charge in [-0.05, 0) is 55.8 Å². The van der Waals surface area contributed by atoms with Crippen molar-refractivity contribution in [2.75, 3.05) is 12.4 Å². The zero-order chi connectivity index (χ0) is 18.5. The fourth-order valence-corrected chi connectivity index (χ4v) is 2.47. The molecule has 26 heavy (non-hydrogen) atoms. The minimum Gasteiger partial charge on any atom is -0.495 e. The van der Waals surface area contributed by atoms with Crippen LogP contribution in [0.5, 0.6) is 11.5 Å². The molecule has 0 spiro atoms. The molecule has 5 nitrogen and oxygen atoms in total. The van der Waals surface area contributed by atoms with E-state index < -0.39 is 0 Å². The molecule has 0 bridgehead atoms. The Morgan fingerprint density at radius 1 is 1.00 bits per heavy atom. The maximum absolute atomic E-state index is 12.4. The number of benzene rings is 2. The molecule has 0 radical (unpaired) electrons. The van der Waals surface area contributed by atoms with E-state index in [4.69, 9.17) is 13.9 Å². The Morgan fingerprint density at radius 3 is 2.46 bits per heavy atom.